The summed E-state index contributed by atoms with van der Waals surface area (Å²) in [5, 5.41) is 3.49. The molecule has 0 spiro atoms. The summed E-state index contributed by atoms with van der Waals surface area (Å²) in [5.41, 5.74) is 1.94. The van der Waals surface area contributed by atoms with E-state index in [0.717, 1.165) is 0 Å². The van der Waals surface area contributed by atoms with E-state index >= 15 is 0 Å². The molecule has 0 bridgehead atoms. The van der Waals surface area contributed by atoms with Crippen molar-refractivity contribution in [2.75, 3.05) is 0 Å². The second-order valence-corrected chi connectivity index (χ2v) is 4.43. The fourth-order valence-electron chi connectivity index (χ4n) is 1.30. The number of nitrogens with one attached hydrogen (secondary N) is 1. The third-order valence-corrected chi connectivity index (χ3v) is 2.68. The van der Waals surface area contributed by atoms with Gasteiger partial charge in [-0.2, -0.15) is 0 Å². The van der Waals surface area contributed by atoms with Crippen LogP contribution >= 0.6 is 15.9 Å². The largest absolute Gasteiger partial charge is 0.482 e. The topological polar surface area (TPSA) is 90.4 Å². The van der Waals surface area contributed by atoms with Gasteiger partial charge in [0, 0.05) is 10.5 Å². The van der Waals surface area contributed by atoms with Crippen LogP contribution < -0.4 is 16.0 Å². The summed E-state index contributed by atoms with van der Waals surface area (Å²) in [5.74, 6) is 4.21. The van der Waals surface area contributed by atoms with Crippen LogP contribution in [-0.2, 0) is 6.61 Å². The number of nitrogen functional groups attached to an aromatic ring is 1. The Morgan fingerprint density at radius 2 is 2.32 bits per heavy atom. The maximum Gasteiger partial charge on any atom is 0.287 e. The molecule has 8 heteroatoms. The molecule has 0 radical (unpaired) electrons. The molecule has 1 aromatic heterocycles. The minimum Gasteiger partial charge on any atom is -0.482 e. The predicted octanol–water partition coefficient (Wildman–Crippen LogP) is 1.76. The van der Waals surface area contributed by atoms with Crippen molar-refractivity contribution in [1.82, 2.24) is 10.6 Å². The molecular weight excluding hydrogens is 321 g/mol. The highest BCUT2D eigenvalue weighted by Gasteiger charge is 2.12. The van der Waals surface area contributed by atoms with Gasteiger partial charge in [-0.05, 0) is 18.2 Å². The maximum absolute atomic E-state index is 13.4. The summed E-state index contributed by atoms with van der Waals surface area (Å²) in [7, 11) is 0. The lowest BCUT2D eigenvalue weighted by molar-refractivity contribution is 0.0944. The van der Waals surface area contributed by atoms with E-state index in [2.05, 4.69) is 21.1 Å². The molecule has 1 aromatic carbocycles. The summed E-state index contributed by atoms with van der Waals surface area (Å²) in [4.78, 5) is 11.1. The van der Waals surface area contributed by atoms with Crippen molar-refractivity contribution in [1.29, 1.82) is 0 Å². The van der Waals surface area contributed by atoms with Gasteiger partial charge in [-0.15, -0.1) is 0 Å². The molecule has 0 aliphatic rings. The van der Waals surface area contributed by atoms with Gasteiger partial charge in [-0.3, -0.25) is 10.2 Å². The molecule has 0 saturated carbocycles. The number of benzene rings is 1. The monoisotopic (exact) mass is 329 g/mol. The van der Waals surface area contributed by atoms with E-state index in [0.29, 0.717) is 4.47 Å². The van der Waals surface area contributed by atoms with E-state index in [1.807, 2.05) is 5.43 Å². The van der Waals surface area contributed by atoms with Gasteiger partial charge in [0.1, 0.15) is 6.61 Å². The summed E-state index contributed by atoms with van der Waals surface area (Å²) >= 11 is 3.21. The van der Waals surface area contributed by atoms with Crippen LogP contribution in [0.5, 0.6) is 5.75 Å². The van der Waals surface area contributed by atoms with E-state index in [1.165, 1.54) is 18.2 Å². The number of carbonyl (C=O) groups is 1. The number of nitrogens with zero attached hydrogens (tertiary/aromatic N) is 1. The van der Waals surface area contributed by atoms with Crippen LogP contribution in [0.2, 0.25) is 0 Å². The molecule has 1 heterocycles. The van der Waals surface area contributed by atoms with Crippen LogP contribution in [-0.4, -0.2) is 11.1 Å². The van der Waals surface area contributed by atoms with E-state index in [9.17, 15) is 9.18 Å². The zero-order valence-electron chi connectivity index (χ0n) is 9.52. The van der Waals surface area contributed by atoms with E-state index < -0.39 is 11.7 Å². The van der Waals surface area contributed by atoms with Gasteiger partial charge in [0.05, 0.1) is 0 Å². The van der Waals surface area contributed by atoms with Gasteiger partial charge < -0.3 is 9.26 Å². The van der Waals surface area contributed by atoms with E-state index in [-0.39, 0.29) is 23.8 Å². The van der Waals surface area contributed by atoms with Gasteiger partial charge in [0.25, 0.3) is 5.91 Å². The molecule has 2 aromatic rings. The van der Waals surface area contributed by atoms with Crippen molar-refractivity contribution < 1.29 is 18.4 Å². The molecule has 0 aliphatic heterocycles. The molecule has 0 saturated heterocycles. The van der Waals surface area contributed by atoms with Crippen LogP contribution in [0.1, 0.15) is 16.2 Å². The number of hydrogen-bond donors (Lipinski definition) is 2. The van der Waals surface area contributed by atoms with Gasteiger partial charge in [-0.1, -0.05) is 21.1 Å². The van der Waals surface area contributed by atoms with Crippen LogP contribution in [0, 0.1) is 5.82 Å². The minimum atomic E-state index is -0.580. The number of amides is 1. The zero-order chi connectivity index (χ0) is 13.8. The third kappa shape index (κ3) is 3.30. The number of ether oxygens (including phenoxy) is 1. The standard InChI is InChI=1S/C11H9BrFN3O3/c12-6-1-2-8(13)10(3-6)18-5-7-4-9(16-19-7)11(17)15-14/h1-4H,5,14H2,(H,15,17). The SMILES string of the molecule is NNC(=O)c1cc(COc2cc(Br)ccc2F)on1. The number of hydrogen-bond acceptors (Lipinski definition) is 5. The quantitative estimate of drug-likeness (QED) is 0.506. The zero-order valence-corrected chi connectivity index (χ0v) is 11.1. The van der Waals surface area contributed by atoms with Gasteiger partial charge in [-0.25, -0.2) is 10.2 Å². The predicted molar refractivity (Wildman–Crippen MR) is 66.6 cm³/mol. The Kier molecular flexibility index (Phi) is 4.13. The molecule has 1 amide bonds. The Morgan fingerprint density at radius 3 is 3.05 bits per heavy atom. The second-order valence-electron chi connectivity index (χ2n) is 3.52. The summed E-state index contributed by atoms with van der Waals surface area (Å²) in [6.45, 7) is -0.0573. The van der Waals surface area contributed by atoms with Gasteiger partial charge in [0.15, 0.2) is 23.0 Å². The number of rotatable bonds is 4. The molecule has 0 fully saturated rings. The van der Waals surface area contributed by atoms with Crippen molar-refractivity contribution in [3.63, 3.8) is 0 Å². The highest BCUT2D eigenvalue weighted by Crippen LogP contribution is 2.23. The van der Waals surface area contributed by atoms with Crippen molar-refractivity contribution in [3.05, 3.63) is 46.0 Å². The first-order chi connectivity index (χ1) is 9.10. The summed E-state index contributed by atoms with van der Waals surface area (Å²) in [6, 6.07) is 5.67. The molecule has 19 heavy (non-hydrogen) atoms. The summed E-state index contributed by atoms with van der Waals surface area (Å²) < 4.78 is 24.2. The summed E-state index contributed by atoms with van der Waals surface area (Å²) in [6.07, 6.45) is 0. The Balaban J connectivity index is 2.04. The minimum absolute atomic E-state index is 0.0239. The van der Waals surface area contributed by atoms with Crippen molar-refractivity contribution in [2.45, 2.75) is 6.61 Å². The number of halogens is 2. The number of nitrogens with two attached hydrogens (primary N) is 1. The lowest BCUT2D eigenvalue weighted by Gasteiger charge is -2.05. The van der Waals surface area contributed by atoms with Crippen molar-refractivity contribution in [3.8, 4) is 5.75 Å². The molecule has 6 nitrogen and oxygen atoms in total. The number of aromatic nitrogens is 1. The first-order valence-electron chi connectivity index (χ1n) is 5.14. The van der Waals surface area contributed by atoms with Crippen LogP contribution in [0.3, 0.4) is 0 Å². The van der Waals surface area contributed by atoms with Crippen molar-refractivity contribution in [2.24, 2.45) is 5.84 Å². The molecular formula is C11H9BrFN3O3. The van der Waals surface area contributed by atoms with Crippen LogP contribution in [0.15, 0.2) is 33.3 Å². The smallest absolute Gasteiger partial charge is 0.287 e. The van der Waals surface area contributed by atoms with Gasteiger partial charge in [0.2, 0.25) is 0 Å². The Morgan fingerprint density at radius 1 is 1.53 bits per heavy atom. The first kappa shape index (κ1) is 13.5. The van der Waals surface area contributed by atoms with Crippen LogP contribution in [0.25, 0.3) is 0 Å². The fourth-order valence-corrected chi connectivity index (χ4v) is 1.64. The fraction of sp³-hybridized carbons (Fsp3) is 0.0909. The highest BCUT2D eigenvalue weighted by atomic mass is 79.9. The molecule has 3 N–H and O–H groups in total. The first-order valence-corrected chi connectivity index (χ1v) is 5.94. The van der Waals surface area contributed by atoms with Crippen LogP contribution in [0.4, 0.5) is 4.39 Å². The highest BCUT2D eigenvalue weighted by molar-refractivity contribution is 9.10. The Labute approximate surface area is 115 Å². The lowest BCUT2D eigenvalue weighted by Crippen LogP contribution is -2.30. The third-order valence-electron chi connectivity index (χ3n) is 2.19. The number of carbonyl (C=O) groups excluding carboxylic acids is 1. The molecule has 2 rings (SSSR count). The Bertz CT molecular complexity index is 603. The Hall–Kier alpha value is -1.93. The molecule has 0 atom stereocenters. The van der Waals surface area contributed by atoms with Gasteiger partial charge >= 0.3 is 0 Å². The average Bonchev–Trinajstić information content (AvgIpc) is 2.88. The second kappa shape index (κ2) is 5.81. The molecule has 0 unspecified atom stereocenters. The molecule has 0 aliphatic carbocycles. The van der Waals surface area contributed by atoms with Crippen molar-refractivity contribution >= 4 is 21.8 Å². The average molecular weight is 330 g/mol. The molecule has 100 valence electrons. The lowest BCUT2D eigenvalue weighted by atomic mass is 10.3. The van der Waals surface area contributed by atoms with E-state index in [1.54, 1.807) is 6.07 Å². The maximum atomic E-state index is 13.4. The number of hydrazine groups is 1. The van der Waals surface area contributed by atoms with E-state index in [4.69, 9.17) is 15.1 Å². The normalized spacial score (nSPS) is 10.3.